The molecule has 0 aliphatic heterocycles. The van der Waals surface area contributed by atoms with Crippen molar-refractivity contribution < 1.29 is 0 Å². The summed E-state index contributed by atoms with van der Waals surface area (Å²) < 4.78 is 0. The molecule has 1 atom stereocenters. The molecule has 0 heterocycles. The summed E-state index contributed by atoms with van der Waals surface area (Å²) in [6.45, 7) is 4.62. The van der Waals surface area contributed by atoms with Gasteiger partial charge >= 0.3 is 0 Å². The van der Waals surface area contributed by atoms with Gasteiger partial charge in [0.15, 0.2) is 0 Å². The quantitative estimate of drug-likeness (QED) is 0.829. The molecule has 2 aromatic carbocycles. The highest BCUT2D eigenvalue weighted by Crippen LogP contribution is 2.34. The maximum Gasteiger partial charge on any atom is 0.0708 e. The summed E-state index contributed by atoms with van der Waals surface area (Å²) in [6.07, 6.45) is 4.07. The smallest absolute Gasteiger partial charge is 0.0708 e. The fourth-order valence-electron chi connectivity index (χ4n) is 3.11. The molecule has 0 radical (unpaired) electrons. The van der Waals surface area contributed by atoms with Crippen LogP contribution in [-0.2, 0) is 12.8 Å². The zero-order valence-corrected chi connectivity index (χ0v) is 13.0. The average Bonchev–Trinajstić information content (AvgIpc) is 2.72. The van der Waals surface area contributed by atoms with Gasteiger partial charge in [-0.1, -0.05) is 60.9 Å². The van der Waals surface area contributed by atoms with Crippen LogP contribution in [0.4, 0.5) is 0 Å². The van der Waals surface area contributed by atoms with Gasteiger partial charge in [0.1, 0.15) is 0 Å². The fraction of sp³-hybridized carbons (Fsp3) is 0.238. The minimum absolute atomic E-state index is 0.155. The highest BCUT2D eigenvalue weighted by atomic mass is 14.8. The minimum atomic E-state index is 0.155. The van der Waals surface area contributed by atoms with E-state index in [9.17, 15) is 0 Å². The highest BCUT2D eigenvalue weighted by Gasteiger charge is 2.21. The van der Waals surface area contributed by atoms with Crippen LogP contribution < -0.4 is 5.32 Å². The third kappa shape index (κ3) is 2.84. The van der Waals surface area contributed by atoms with E-state index in [0.717, 1.165) is 19.4 Å². The van der Waals surface area contributed by atoms with Crippen molar-refractivity contribution in [2.75, 3.05) is 13.6 Å². The lowest BCUT2D eigenvalue weighted by Crippen LogP contribution is -2.06. The van der Waals surface area contributed by atoms with E-state index in [2.05, 4.69) is 66.2 Å². The van der Waals surface area contributed by atoms with Gasteiger partial charge in [-0.25, -0.2) is 0 Å². The fourth-order valence-corrected chi connectivity index (χ4v) is 3.11. The molecule has 0 fully saturated rings. The van der Waals surface area contributed by atoms with Gasteiger partial charge in [-0.3, -0.25) is 0 Å². The zero-order chi connectivity index (χ0) is 15.4. The number of nitrogens with one attached hydrogen (secondary N) is 1. The van der Waals surface area contributed by atoms with E-state index < -0.39 is 0 Å². The van der Waals surface area contributed by atoms with E-state index in [1.165, 1.54) is 27.8 Å². The van der Waals surface area contributed by atoms with E-state index >= 15 is 0 Å². The van der Waals surface area contributed by atoms with Crippen LogP contribution in [0.3, 0.4) is 0 Å². The minimum Gasteiger partial charge on any atom is -0.309 e. The Morgan fingerprint density at radius 2 is 1.91 bits per heavy atom. The molecule has 1 heteroatoms. The Balaban J connectivity index is 2.16. The summed E-state index contributed by atoms with van der Waals surface area (Å²) in [5.74, 6) is 6.90. The summed E-state index contributed by atoms with van der Waals surface area (Å²) in [5, 5.41) is 3.10. The van der Waals surface area contributed by atoms with E-state index in [1.54, 1.807) is 0 Å². The second-order valence-electron chi connectivity index (χ2n) is 5.65. The molecule has 0 saturated carbocycles. The third-order valence-corrected chi connectivity index (χ3v) is 4.26. The van der Waals surface area contributed by atoms with Crippen molar-refractivity contribution in [3.8, 4) is 11.8 Å². The first-order valence-electron chi connectivity index (χ1n) is 7.79. The van der Waals surface area contributed by atoms with Gasteiger partial charge in [0, 0.05) is 0 Å². The Hall–Kier alpha value is -2.30. The van der Waals surface area contributed by atoms with Gasteiger partial charge in [-0.2, -0.15) is 0 Å². The molecule has 0 amide bonds. The SMILES string of the molecule is C=Cc1ccc2c(c1)C(C#CCNC)c1ccccc1CC2. The Morgan fingerprint density at radius 1 is 1.14 bits per heavy atom. The Morgan fingerprint density at radius 3 is 2.68 bits per heavy atom. The lowest BCUT2D eigenvalue weighted by molar-refractivity contribution is 0.934. The van der Waals surface area contributed by atoms with Crippen LogP contribution in [0.25, 0.3) is 6.08 Å². The van der Waals surface area contributed by atoms with Crippen molar-refractivity contribution in [2.24, 2.45) is 0 Å². The van der Waals surface area contributed by atoms with Gasteiger partial charge in [-0.15, -0.1) is 0 Å². The average molecular weight is 287 g/mol. The van der Waals surface area contributed by atoms with Crippen molar-refractivity contribution in [3.05, 3.63) is 76.9 Å². The number of aryl methyl sites for hydroxylation is 2. The second kappa shape index (κ2) is 6.64. The summed E-state index contributed by atoms with van der Waals surface area (Å²) in [4.78, 5) is 0. The van der Waals surface area contributed by atoms with E-state index in [4.69, 9.17) is 0 Å². The molecule has 1 aliphatic carbocycles. The molecular weight excluding hydrogens is 266 g/mol. The Bertz CT molecular complexity index is 746. The molecule has 1 N–H and O–H groups in total. The molecule has 3 rings (SSSR count). The normalized spacial score (nSPS) is 15.8. The molecule has 110 valence electrons. The maximum atomic E-state index is 3.90. The standard InChI is InChI=1S/C21H21N/c1-3-16-10-11-18-13-12-17-7-4-5-8-19(17)20(21(18)15-16)9-6-14-22-2/h3-5,7-8,10-11,15,20,22H,1,12-14H2,2H3. The monoisotopic (exact) mass is 287 g/mol. The number of rotatable bonds is 2. The Kier molecular flexibility index (Phi) is 4.42. The molecule has 0 saturated heterocycles. The summed E-state index contributed by atoms with van der Waals surface area (Å²) in [6, 6.07) is 15.4. The molecule has 0 bridgehead atoms. The van der Waals surface area contributed by atoms with E-state index in [0.29, 0.717) is 0 Å². The van der Waals surface area contributed by atoms with E-state index in [1.807, 2.05) is 13.1 Å². The van der Waals surface area contributed by atoms with Crippen molar-refractivity contribution in [3.63, 3.8) is 0 Å². The van der Waals surface area contributed by atoms with Crippen molar-refractivity contribution in [1.82, 2.24) is 5.32 Å². The molecule has 0 aromatic heterocycles. The largest absolute Gasteiger partial charge is 0.309 e. The van der Waals surface area contributed by atoms with Crippen LogP contribution in [0, 0.1) is 11.8 Å². The van der Waals surface area contributed by atoms with Crippen molar-refractivity contribution in [2.45, 2.75) is 18.8 Å². The van der Waals surface area contributed by atoms with Crippen LogP contribution >= 0.6 is 0 Å². The maximum absolute atomic E-state index is 3.90. The van der Waals surface area contributed by atoms with Crippen molar-refractivity contribution >= 4 is 6.08 Å². The third-order valence-electron chi connectivity index (χ3n) is 4.26. The number of fused-ring (bicyclic) bond motifs is 2. The first-order chi connectivity index (χ1) is 10.8. The lowest BCUT2D eigenvalue weighted by Gasteiger charge is -2.15. The predicted octanol–water partition coefficient (Wildman–Crippen LogP) is 3.78. The topological polar surface area (TPSA) is 12.0 Å². The van der Waals surface area contributed by atoms with Crippen LogP contribution in [0.2, 0.25) is 0 Å². The van der Waals surface area contributed by atoms with Crippen LogP contribution in [0.1, 0.15) is 33.7 Å². The number of hydrogen-bond donors (Lipinski definition) is 1. The lowest BCUT2D eigenvalue weighted by atomic mass is 9.87. The van der Waals surface area contributed by atoms with Gasteiger partial charge < -0.3 is 5.32 Å². The zero-order valence-electron chi connectivity index (χ0n) is 13.0. The van der Waals surface area contributed by atoms with Gasteiger partial charge in [0.25, 0.3) is 0 Å². The molecule has 2 aromatic rings. The van der Waals surface area contributed by atoms with E-state index in [-0.39, 0.29) is 5.92 Å². The number of benzene rings is 2. The summed E-state index contributed by atoms with van der Waals surface area (Å²) in [5.41, 5.74) is 6.68. The molecular formula is C21H21N. The molecule has 1 aliphatic rings. The molecule has 0 spiro atoms. The first-order valence-corrected chi connectivity index (χ1v) is 7.79. The summed E-state index contributed by atoms with van der Waals surface area (Å²) >= 11 is 0. The van der Waals surface area contributed by atoms with Crippen LogP contribution in [-0.4, -0.2) is 13.6 Å². The number of hydrogen-bond acceptors (Lipinski definition) is 1. The second-order valence-corrected chi connectivity index (χ2v) is 5.65. The molecule has 1 nitrogen and oxygen atoms in total. The molecule has 1 unspecified atom stereocenters. The molecule has 22 heavy (non-hydrogen) atoms. The van der Waals surface area contributed by atoms with Crippen LogP contribution in [0.15, 0.2) is 49.0 Å². The van der Waals surface area contributed by atoms with Gasteiger partial charge in [0.05, 0.1) is 12.5 Å². The van der Waals surface area contributed by atoms with Crippen LogP contribution in [0.5, 0.6) is 0 Å². The predicted molar refractivity (Wildman–Crippen MR) is 93.9 cm³/mol. The van der Waals surface area contributed by atoms with Gasteiger partial charge in [-0.05, 0) is 53.8 Å². The van der Waals surface area contributed by atoms with Gasteiger partial charge in [0.2, 0.25) is 0 Å². The Labute approximate surface area is 133 Å². The summed E-state index contributed by atoms with van der Waals surface area (Å²) in [7, 11) is 1.93. The first kappa shape index (κ1) is 14.6. The van der Waals surface area contributed by atoms with Crippen molar-refractivity contribution in [1.29, 1.82) is 0 Å². The highest BCUT2D eigenvalue weighted by molar-refractivity contribution is 5.56.